The van der Waals surface area contributed by atoms with Gasteiger partial charge in [-0.05, 0) is 33.8 Å². The van der Waals surface area contributed by atoms with Crippen LogP contribution >= 0.6 is 27.3 Å². The normalized spacial score (nSPS) is 21.4. The minimum absolute atomic E-state index is 0.0524. The Morgan fingerprint density at radius 3 is 2.60 bits per heavy atom. The van der Waals surface area contributed by atoms with Gasteiger partial charge in [0.05, 0.1) is 3.79 Å². The highest BCUT2D eigenvalue weighted by molar-refractivity contribution is 9.11. The molecule has 7 heteroatoms. The standard InChI is InChI=1S/C13H21BrN2O2S2/c1-8(2)15-7-9-5-10(12(14)19-9)20(17,18)16-11-6-13(11,3)4/h5,8,11,15-16H,6-7H2,1-4H3. The molecule has 1 aliphatic carbocycles. The third-order valence-electron chi connectivity index (χ3n) is 3.49. The van der Waals surface area contributed by atoms with Crippen LogP contribution in [0.2, 0.25) is 0 Å². The molecule has 0 aromatic carbocycles. The third-order valence-corrected chi connectivity index (χ3v) is 7.22. The van der Waals surface area contributed by atoms with Crippen molar-refractivity contribution in [2.75, 3.05) is 0 Å². The summed E-state index contributed by atoms with van der Waals surface area (Å²) < 4.78 is 28.2. The predicted octanol–water partition coefficient (Wildman–Crippen LogP) is 3.09. The fourth-order valence-corrected chi connectivity index (χ4v) is 5.93. The average Bonchev–Trinajstić information content (AvgIpc) is 2.71. The molecule has 0 amide bonds. The van der Waals surface area contributed by atoms with Crippen molar-refractivity contribution in [3.63, 3.8) is 0 Å². The van der Waals surface area contributed by atoms with Crippen LogP contribution in [0.4, 0.5) is 0 Å². The van der Waals surface area contributed by atoms with E-state index in [1.165, 1.54) is 11.3 Å². The fourth-order valence-electron chi connectivity index (χ4n) is 1.89. The zero-order valence-electron chi connectivity index (χ0n) is 12.2. The topological polar surface area (TPSA) is 58.2 Å². The number of sulfonamides is 1. The van der Waals surface area contributed by atoms with Gasteiger partial charge >= 0.3 is 0 Å². The van der Waals surface area contributed by atoms with Crippen LogP contribution in [0.1, 0.15) is 39.0 Å². The van der Waals surface area contributed by atoms with Crippen molar-refractivity contribution < 1.29 is 8.42 Å². The summed E-state index contributed by atoms with van der Waals surface area (Å²) in [4.78, 5) is 1.37. The molecule has 0 spiro atoms. The van der Waals surface area contributed by atoms with Gasteiger partial charge in [0.25, 0.3) is 0 Å². The van der Waals surface area contributed by atoms with Gasteiger partial charge in [-0.15, -0.1) is 11.3 Å². The molecule has 1 saturated carbocycles. The van der Waals surface area contributed by atoms with Gasteiger partial charge in [-0.1, -0.05) is 27.7 Å². The number of nitrogens with one attached hydrogen (secondary N) is 2. The first kappa shape index (κ1) is 16.4. The molecule has 1 fully saturated rings. The largest absolute Gasteiger partial charge is 0.310 e. The smallest absolute Gasteiger partial charge is 0.242 e. The Kier molecular flexibility index (Phi) is 4.67. The molecule has 2 N–H and O–H groups in total. The van der Waals surface area contributed by atoms with E-state index in [9.17, 15) is 8.42 Å². The van der Waals surface area contributed by atoms with Gasteiger partial charge in [-0.3, -0.25) is 0 Å². The highest BCUT2D eigenvalue weighted by Crippen LogP contribution is 2.45. The Morgan fingerprint density at radius 1 is 1.50 bits per heavy atom. The first-order valence-electron chi connectivity index (χ1n) is 6.66. The number of thiophene rings is 1. The van der Waals surface area contributed by atoms with Gasteiger partial charge in [-0.2, -0.15) is 0 Å². The Balaban J connectivity index is 2.11. The maximum Gasteiger partial charge on any atom is 0.242 e. The van der Waals surface area contributed by atoms with Gasteiger partial charge in [0.15, 0.2) is 0 Å². The molecule has 2 rings (SSSR count). The highest BCUT2D eigenvalue weighted by Gasteiger charge is 2.48. The second kappa shape index (κ2) is 5.68. The second-order valence-electron chi connectivity index (χ2n) is 6.25. The molecular weight excluding hydrogens is 360 g/mol. The number of halogens is 1. The van der Waals surface area contributed by atoms with Crippen molar-refractivity contribution in [3.05, 3.63) is 14.7 Å². The van der Waals surface area contributed by atoms with Crippen LogP contribution in [0.25, 0.3) is 0 Å². The molecule has 1 aromatic rings. The molecule has 114 valence electrons. The minimum atomic E-state index is -3.43. The maximum atomic E-state index is 12.4. The van der Waals surface area contributed by atoms with E-state index in [-0.39, 0.29) is 11.5 Å². The van der Waals surface area contributed by atoms with Gasteiger partial charge in [0.1, 0.15) is 4.90 Å². The summed E-state index contributed by atoms with van der Waals surface area (Å²) in [5.41, 5.74) is 0.0809. The van der Waals surface area contributed by atoms with Crippen LogP contribution in [0.3, 0.4) is 0 Å². The van der Waals surface area contributed by atoms with Gasteiger partial charge in [0.2, 0.25) is 10.0 Å². The highest BCUT2D eigenvalue weighted by atomic mass is 79.9. The maximum absolute atomic E-state index is 12.4. The lowest BCUT2D eigenvalue weighted by Crippen LogP contribution is -2.28. The third kappa shape index (κ3) is 3.82. The molecule has 0 radical (unpaired) electrons. The second-order valence-corrected chi connectivity index (χ2v) is 10.4. The van der Waals surface area contributed by atoms with Gasteiger partial charge in [-0.25, -0.2) is 13.1 Å². The summed E-state index contributed by atoms with van der Waals surface area (Å²) in [5, 5.41) is 3.29. The van der Waals surface area contributed by atoms with E-state index in [0.29, 0.717) is 21.3 Å². The summed E-state index contributed by atoms with van der Waals surface area (Å²) in [7, 11) is -3.43. The molecule has 1 atom stereocenters. The Hall–Kier alpha value is 0.0500. The Bertz CT molecular complexity index is 594. The van der Waals surface area contributed by atoms with E-state index in [2.05, 4.69) is 53.7 Å². The van der Waals surface area contributed by atoms with E-state index in [0.717, 1.165) is 11.3 Å². The number of hydrogen-bond donors (Lipinski definition) is 2. The lowest BCUT2D eigenvalue weighted by atomic mass is 10.2. The van der Waals surface area contributed by atoms with Gasteiger partial charge < -0.3 is 5.32 Å². The van der Waals surface area contributed by atoms with E-state index in [1.54, 1.807) is 6.07 Å². The molecule has 1 aromatic heterocycles. The van der Waals surface area contributed by atoms with Gasteiger partial charge in [0, 0.05) is 23.5 Å². The van der Waals surface area contributed by atoms with Crippen LogP contribution in [0.5, 0.6) is 0 Å². The summed E-state index contributed by atoms with van der Waals surface area (Å²) in [6.45, 7) is 8.96. The molecule has 1 heterocycles. The zero-order chi connectivity index (χ0) is 15.1. The monoisotopic (exact) mass is 380 g/mol. The Labute approximate surface area is 133 Å². The van der Waals surface area contributed by atoms with Crippen LogP contribution < -0.4 is 10.0 Å². The first-order valence-corrected chi connectivity index (χ1v) is 9.75. The summed E-state index contributed by atoms with van der Waals surface area (Å²) in [6, 6.07) is 2.18. The Morgan fingerprint density at radius 2 is 2.10 bits per heavy atom. The summed E-state index contributed by atoms with van der Waals surface area (Å²) >= 11 is 4.84. The molecule has 0 saturated heterocycles. The zero-order valence-corrected chi connectivity index (χ0v) is 15.4. The van der Waals surface area contributed by atoms with Crippen molar-refractivity contribution >= 4 is 37.3 Å². The predicted molar refractivity (Wildman–Crippen MR) is 86.5 cm³/mol. The summed E-state index contributed by atoms with van der Waals surface area (Å²) in [5.74, 6) is 0. The van der Waals surface area contributed by atoms with Crippen molar-refractivity contribution in [3.8, 4) is 0 Å². The first-order chi connectivity index (χ1) is 9.12. The molecule has 20 heavy (non-hydrogen) atoms. The van der Waals surface area contributed by atoms with Crippen molar-refractivity contribution in [1.82, 2.24) is 10.0 Å². The van der Waals surface area contributed by atoms with E-state index in [4.69, 9.17) is 0 Å². The van der Waals surface area contributed by atoms with Crippen LogP contribution in [-0.2, 0) is 16.6 Å². The summed E-state index contributed by atoms with van der Waals surface area (Å²) in [6.07, 6.45) is 0.899. The number of rotatable bonds is 6. The van der Waals surface area contributed by atoms with Crippen molar-refractivity contribution in [2.45, 2.75) is 57.6 Å². The quantitative estimate of drug-likeness (QED) is 0.796. The average molecular weight is 381 g/mol. The molecule has 0 bridgehead atoms. The van der Waals surface area contributed by atoms with Crippen LogP contribution in [0, 0.1) is 5.41 Å². The van der Waals surface area contributed by atoms with Crippen LogP contribution in [0.15, 0.2) is 14.7 Å². The lowest BCUT2D eigenvalue weighted by molar-refractivity contribution is 0.554. The molecular formula is C13H21BrN2O2S2. The SMILES string of the molecule is CC(C)NCc1cc(S(=O)(=O)NC2CC2(C)C)c(Br)s1. The fraction of sp³-hybridized carbons (Fsp3) is 0.692. The van der Waals surface area contributed by atoms with E-state index < -0.39 is 10.0 Å². The molecule has 4 nitrogen and oxygen atoms in total. The van der Waals surface area contributed by atoms with Crippen molar-refractivity contribution in [1.29, 1.82) is 0 Å². The number of hydrogen-bond acceptors (Lipinski definition) is 4. The molecule has 0 aliphatic heterocycles. The molecule has 1 aliphatic rings. The van der Waals surface area contributed by atoms with Crippen LogP contribution in [-0.4, -0.2) is 20.5 Å². The van der Waals surface area contributed by atoms with E-state index in [1.807, 2.05) is 0 Å². The lowest BCUT2D eigenvalue weighted by Gasteiger charge is -2.07. The van der Waals surface area contributed by atoms with E-state index >= 15 is 0 Å². The molecule has 1 unspecified atom stereocenters. The minimum Gasteiger partial charge on any atom is -0.310 e. The van der Waals surface area contributed by atoms with Crippen molar-refractivity contribution in [2.24, 2.45) is 5.41 Å².